The van der Waals surface area contributed by atoms with Crippen LogP contribution in [-0.2, 0) is 13.5 Å². The van der Waals surface area contributed by atoms with Crippen molar-refractivity contribution in [2.75, 3.05) is 0 Å². The molecule has 3 heterocycles. The van der Waals surface area contributed by atoms with E-state index in [1.807, 2.05) is 42.3 Å². The molecule has 0 atom stereocenters. The Balaban J connectivity index is 1.71. The van der Waals surface area contributed by atoms with Crippen LogP contribution in [0.5, 0.6) is 0 Å². The van der Waals surface area contributed by atoms with Crippen LogP contribution in [0.3, 0.4) is 0 Å². The fourth-order valence-corrected chi connectivity index (χ4v) is 2.99. The number of fused-ring (bicyclic) bond motifs is 1. The Morgan fingerprint density at radius 3 is 2.67 bits per heavy atom. The molecule has 4 rings (SSSR count). The average molecular weight is 313 g/mol. The van der Waals surface area contributed by atoms with Crippen molar-refractivity contribution in [2.24, 2.45) is 7.05 Å². The fraction of sp³-hybridized carbons (Fsp3) is 0.105. The van der Waals surface area contributed by atoms with E-state index >= 15 is 0 Å². The van der Waals surface area contributed by atoms with E-state index < -0.39 is 0 Å². The quantitative estimate of drug-likeness (QED) is 0.583. The van der Waals surface area contributed by atoms with Crippen LogP contribution in [0.15, 0.2) is 61.1 Å². The molecule has 0 unspecified atom stereocenters. The topological polar surface area (TPSA) is 59.4 Å². The minimum Gasteiger partial charge on any atom is -0.349 e. The summed E-state index contributed by atoms with van der Waals surface area (Å²) in [4.78, 5) is 4.37. The highest BCUT2D eigenvalue weighted by Crippen LogP contribution is 2.22. The summed E-state index contributed by atoms with van der Waals surface area (Å²) in [5.41, 5.74) is 5.71. The molecule has 0 amide bonds. The zero-order chi connectivity index (χ0) is 16.5. The molecule has 0 bridgehead atoms. The molecule has 0 aliphatic heterocycles. The first-order valence-corrected chi connectivity index (χ1v) is 7.68. The van der Waals surface area contributed by atoms with Gasteiger partial charge in [0, 0.05) is 25.6 Å². The smallest absolute Gasteiger partial charge is 0.141 e. The number of aromatic nitrogens is 4. The molecule has 0 saturated heterocycles. The van der Waals surface area contributed by atoms with Crippen molar-refractivity contribution >= 4 is 11.0 Å². The first-order chi connectivity index (χ1) is 11.7. The summed E-state index contributed by atoms with van der Waals surface area (Å²) in [5.74, 6) is 0. The van der Waals surface area contributed by atoms with Gasteiger partial charge in [-0.05, 0) is 47.9 Å². The third-order valence-corrected chi connectivity index (χ3v) is 4.12. The second-order valence-corrected chi connectivity index (χ2v) is 5.73. The summed E-state index contributed by atoms with van der Waals surface area (Å²) in [6, 6.07) is 16.2. The maximum atomic E-state index is 9.21. The lowest BCUT2D eigenvalue weighted by atomic mass is 10.0. The molecule has 0 saturated carbocycles. The van der Waals surface area contributed by atoms with Crippen LogP contribution in [-0.4, -0.2) is 19.3 Å². The number of nitriles is 1. The van der Waals surface area contributed by atoms with Gasteiger partial charge in [-0.15, -0.1) is 0 Å². The number of benzene rings is 1. The molecule has 1 aromatic carbocycles. The van der Waals surface area contributed by atoms with Gasteiger partial charge in [-0.2, -0.15) is 10.4 Å². The van der Waals surface area contributed by atoms with Gasteiger partial charge >= 0.3 is 0 Å². The molecule has 3 aromatic heterocycles. The van der Waals surface area contributed by atoms with E-state index in [0.29, 0.717) is 5.69 Å². The predicted molar refractivity (Wildman–Crippen MR) is 91.8 cm³/mol. The Labute approximate surface area is 139 Å². The van der Waals surface area contributed by atoms with Gasteiger partial charge in [0.1, 0.15) is 11.8 Å². The van der Waals surface area contributed by atoms with E-state index in [2.05, 4.69) is 45.0 Å². The van der Waals surface area contributed by atoms with Crippen molar-refractivity contribution in [1.82, 2.24) is 19.3 Å². The van der Waals surface area contributed by atoms with Crippen molar-refractivity contribution in [3.05, 3.63) is 77.9 Å². The van der Waals surface area contributed by atoms with E-state index in [1.54, 1.807) is 6.20 Å². The standard InChI is InChI=1S/C19H15N5/c1-23-10-7-18-19(23)15(12-16(13-20)22-18)11-14-3-5-17(6-4-14)24-9-2-8-21-24/h2-10,12H,11H2,1H3. The maximum absolute atomic E-state index is 9.21. The monoisotopic (exact) mass is 313 g/mol. The number of aryl methyl sites for hydroxylation is 1. The summed E-state index contributed by atoms with van der Waals surface area (Å²) in [6.45, 7) is 0. The first-order valence-electron chi connectivity index (χ1n) is 7.68. The molecular weight excluding hydrogens is 298 g/mol. The highest BCUT2D eigenvalue weighted by molar-refractivity contribution is 5.80. The van der Waals surface area contributed by atoms with Crippen LogP contribution >= 0.6 is 0 Å². The van der Waals surface area contributed by atoms with Gasteiger partial charge in [0.25, 0.3) is 0 Å². The third-order valence-electron chi connectivity index (χ3n) is 4.12. The van der Waals surface area contributed by atoms with E-state index in [9.17, 15) is 5.26 Å². The lowest BCUT2D eigenvalue weighted by Gasteiger charge is -2.08. The number of hydrogen-bond donors (Lipinski definition) is 0. The molecule has 0 N–H and O–H groups in total. The van der Waals surface area contributed by atoms with E-state index in [1.165, 1.54) is 5.56 Å². The highest BCUT2D eigenvalue weighted by Gasteiger charge is 2.10. The van der Waals surface area contributed by atoms with E-state index in [0.717, 1.165) is 28.7 Å². The number of hydrogen-bond acceptors (Lipinski definition) is 3. The largest absolute Gasteiger partial charge is 0.349 e. The van der Waals surface area contributed by atoms with Gasteiger partial charge in [-0.3, -0.25) is 0 Å². The molecule has 5 nitrogen and oxygen atoms in total. The summed E-state index contributed by atoms with van der Waals surface area (Å²) >= 11 is 0. The van der Waals surface area contributed by atoms with E-state index in [4.69, 9.17) is 0 Å². The van der Waals surface area contributed by atoms with Crippen LogP contribution in [0.25, 0.3) is 16.7 Å². The van der Waals surface area contributed by atoms with Crippen LogP contribution in [0.4, 0.5) is 0 Å². The van der Waals surface area contributed by atoms with Crippen LogP contribution < -0.4 is 0 Å². The van der Waals surface area contributed by atoms with Gasteiger partial charge in [-0.1, -0.05) is 12.1 Å². The summed E-state index contributed by atoms with van der Waals surface area (Å²) in [7, 11) is 2.00. The van der Waals surface area contributed by atoms with Crippen LogP contribution in [0, 0.1) is 11.3 Å². The van der Waals surface area contributed by atoms with Crippen LogP contribution in [0.1, 0.15) is 16.8 Å². The lowest BCUT2D eigenvalue weighted by Crippen LogP contribution is -1.98. The molecule has 0 radical (unpaired) electrons. The molecular formula is C19H15N5. The zero-order valence-corrected chi connectivity index (χ0v) is 13.2. The summed E-state index contributed by atoms with van der Waals surface area (Å²) < 4.78 is 3.89. The lowest BCUT2D eigenvalue weighted by molar-refractivity contribution is 0.879. The Morgan fingerprint density at radius 1 is 1.12 bits per heavy atom. The number of rotatable bonds is 3. The van der Waals surface area contributed by atoms with Gasteiger partial charge in [-0.25, -0.2) is 9.67 Å². The summed E-state index contributed by atoms with van der Waals surface area (Å²) in [5, 5.41) is 13.4. The van der Waals surface area contributed by atoms with Crippen molar-refractivity contribution < 1.29 is 0 Å². The average Bonchev–Trinajstić information content (AvgIpc) is 3.26. The zero-order valence-electron chi connectivity index (χ0n) is 13.2. The summed E-state index contributed by atoms with van der Waals surface area (Å²) in [6.07, 6.45) is 6.42. The molecule has 0 aliphatic rings. The molecule has 5 heteroatoms. The van der Waals surface area contributed by atoms with Crippen LogP contribution in [0.2, 0.25) is 0 Å². The van der Waals surface area contributed by atoms with E-state index in [-0.39, 0.29) is 0 Å². The molecule has 116 valence electrons. The van der Waals surface area contributed by atoms with Crippen molar-refractivity contribution in [1.29, 1.82) is 5.26 Å². The molecule has 24 heavy (non-hydrogen) atoms. The van der Waals surface area contributed by atoms with Gasteiger partial charge in [0.15, 0.2) is 0 Å². The second-order valence-electron chi connectivity index (χ2n) is 5.73. The number of nitrogens with zero attached hydrogens (tertiary/aromatic N) is 5. The Hall–Kier alpha value is -3.39. The normalized spacial score (nSPS) is 10.8. The first kappa shape index (κ1) is 14.2. The molecule has 0 aliphatic carbocycles. The van der Waals surface area contributed by atoms with Gasteiger partial charge < -0.3 is 4.57 Å². The Bertz CT molecular complexity index is 1030. The second kappa shape index (κ2) is 5.67. The highest BCUT2D eigenvalue weighted by atomic mass is 15.3. The van der Waals surface area contributed by atoms with Crippen molar-refractivity contribution in [2.45, 2.75) is 6.42 Å². The van der Waals surface area contributed by atoms with Crippen molar-refractivity contribution in [3.8, 4) is 11.8 Å². The Kier molecular flexibility index (Phi) is 3.36. The number of pyridine rings is 1. The van der Waals surface area contributed by atoms with Gasteiger partial charge in [0.2, 0.25) is 0 Å². The van der Waals surface area contributed by atoms with Gasteiger partial charge in [0.05, 0.1) is 16.7 Å². The fourth-order valence-electron chi connectivity index (χ4n) is 2.99. The van der Waals surface area contributed by atoms with Crippen molar-refractivity contribution in [3.63, 3.8) is 0 Å². The minimum atomic E-state index is 0.455. The predicted octanol–water partition coefficient (Wildman–Crippen LogP) is 3.22. The minimum absolute atomic E-state index is 0.455. The molecule has 0 spiro atoms. The molecule has 0 fully saturated rings. The maximum Gasteiger partial charge on any atom is 0.141 e. The Morgan fingerprint density at radius 2 is 1.96 bits per heavy atom. The molecule has 4 aromatic rings. The SMILES string of the molecule is Cn1ccc2nc(C#N)cc(Cc3ccc(-n4cccn4)cc3)c21. The third kappa shape index (κ3) is 2.44.